The maximum absolute atomic E-state index is 13.1. The van der Waals surface area contributed by atoms with Crippen LogP contribution in [0.15, 0.2) is 48.5 Å². The van der Waals surface area contributed by atoms with Crippen LogP contribution < -0.4 is 10.1 Å². The minimum atomic E-state index is -0.711. The van der Waals surface area contributed by atoms with Crippen molar-refractivity contribution in [2.45, 2.75) is 26.4 Å². The van der Waals surface area contributed by atoms with Gasteiger partial charge in [0.15, 0.2) is 6.61 Å². The Morgan fingerprint density at radius 3 is 2.48 bits per heavy atom. The lowest BCUT2D eigenvalue weighted by Crippen LogP contribution is -2.49. The third-order valence-electron chi connectivity index (χ3n) is 3.97. The zero-order chi connectivity index (χ0) is 19.8. The second-order valence-electron chi connectivity index (χ2n) is 5.94. The molecule has 1 N–H and O–H groups in total. The molecule has 0 fully saturated rings. The first kappa shape index (κ1) is 20.7. The van der Waals surface area contributed by atoms with Gasteiger partial charge >= 0.3 is 0 Å². The maximum atomic E-state index is 13.1. The van der Waals surface area contributed by atoms with Crippen molar-refractivity contribution in [3.05, 3.63) is 64.9 Å². The molecule has 7 heteroatoms. The molecule has 1 atom stereocenters. The highest BCUT2D eigenvalue weighted by Crippen LogP contribution is 2.23. The number of likely N-dealkylation sites (N-methyl/N-ethyl adjacent to an activating group) is 1. The average molecular weight is 393 g/mol. The molecule has 2 amide bonds. The molecule has 0 spiro atoms. The molecule has 0 aliphatic heterocycles. The zero-order valence-corrected chi connectivity index (χ0v) is 16.0. The Labute approximate surface area is 163 Å². The van der Waals surface area contributed by atoms with E-state index in [1.807, 2.05) is 0 Å². The Bertz CT molecular complexity index is 783. The summed E-state index contributed by atoms with van der Waals surface area (Å²) in [4.78, 5) is 26.4. The highest BCUT2D eigenvalue weighted by atomic mass is 35.5. The van der Waals surface area contributed by atoms with Crippen LogP contribution in [0.25, 0.3) is 0 Å². The molecule has 0 bridgehead atoms. The van der Waals surface area contributed by atoms with E-state index in [0.29, 0.717) is 22.9 Å². The first-order valence-electron chi connectivity index (χ1n) is 8.61. The van der Waals surface area contributed by atoms with Crippen LogP contribution in [0.4, 0.5) is 4.39 Å². The minimum absolute atomic E-state index is 0.156. The number of rotatable bonds is 8. The number of carbonyl (C=O) groups is 2. The summed E-state index contributed by atoms with van der Waals surface area (Å²) in [6.07, 6.45) is 0. The second-order valence-corrected chi connectivity index (χ2v) is 6.34. The number of amides is 2. The molecular formula is C20H22ClFN2O3. The molecule has 0 unspecified atom stereocenters. The van der Waals surface area contributed by atoms with E-state index < -0.39 is 6.04 Å². The summed E-state index contributed by atoms with van der Waals surface area (Å²) in [6.45, 7) is 3.79. The van der Waals surface area contributed by atoms with Crippen molar-refractivity contribution >= 4 is 23.4 Å². The lowest BCUT2D eigenvalue weighted by atomic mass is 10.1. The number of halogens is 2. The molecule has 27 heavy (non-hydrogen) atoms. The van der Waals surface area contributed by atoms with Gasteiger partial charge in [0.2, 0.25) is 5.91 Å². The molecule has 0 aliphatic rings. The van der Waals surface area contributed by atoms with Crippen molar-refractivity contribution in [2.24, 2.45) is 0 Å². The van der Waals surface area contributed by atoms with Crippen molar-refractivity contribution in [3.8, 4) is 5.75 Å². The van der Waals surface area contributed by atoms with Crippen LogP contribution in [0.1, 0.15) is 19.4 Å². The van der Waals surface area contributed by atoms with Crippen LogP contribution >= 0.6 is 11.6 Å². The van der Waals surface area contributed by atoms with Crippen molar-refractivity contribution in [3.63, 3.8) is 0 Å². The van der Waals surface area contributed by atoms with E-state index in [1.165, 1.54) is 17.0 Å². The van der Waals surface area contributed by atoms with E-state index in [0.717, 1.165) is 0 Å². The smallest absolute Gasteiger partial charge is 0.261 e. The molecule has 5 nitrogen and oxygen atoms in total. The summed E-state index contributed by atoms with van der Waals surface area (Å²) in [5.41, 5.74) is 0.707. The SMILES string of the molecule is CCNC(=O)[C@H](C)N(Cc1ccc(F)cc1)C(=O)COc1ccccc1Cl. The largest absolute Gasteiger partial charge is 0.482 e. The monoisotopic (exact) mass is 392 g/mol. The number of carbonyl (C=O) groups excluding carboxylic acids is 2. The van der Waals surface area contributed by atoms with Crippen LogP contribution in [0, 0.1) is 5.82 Å². The highest BCUT2D eigenvalue weighted by molar-refractivity contribution is 6.32. The van der Waals surface area contributed by atoms with Crippen molar-refractivity contribution in [2.75, 3.05) is 13.2 Å². The third-order valence-corrected chi connectivity index (χ3v) is 4.28. The van der Waals surface area contributed by atoms with Crippen LogP contribution in [0.5, 0.6) is 5.75 Å². The minimum Gasteiger partial charge on any atom is -0.482 e. The first-order chi connectivity index (χ1) is 12.9. The van der Waals surface area contributed by atoms with Gasteiger partial charge in [-0.15, -0.1) is 0 Å². The number of hydrogen-bond donors (Lipinski definition) is 1. The number of ether oxygens (including phenoxy) is 1. The fraction of sp³-hybridized carbons (Fsp3) is 0.300. The number of benzene rings is 2. The van der Waals surface area contributed by atoms with Gasteiger partial charge in [-0.1, -0.05) is 35.9 Å². The molecule has 0 saturated heterocycles. The molecular weight excluding hydrogens is 371 g/mol. The predicted octanol–water partition coefficient (Wildman–Crippen LogP) is 3.41. The van der Waals surface area contributed by atoms with Gasteiger partial charge < -0.3 is 15.0 Å². The maximum Gasteiger partial charge on any atom is 0.261 e. The summed E-state index contributed by atoms with van der Waals surface area (Å²) >= 11 is 6.04. The van der Waals surface area contributed by atoms with E-state index in [1.54, 1.807) is 50.2 Å². The molecule has 0 aromatic heterocycles. The van der Waals surface area contributed by atoms with Gasteiger partial charge in [-0.25, -0.2) is 4.39 Å². The Morgan fingerprint density at radius 1 is 1.19 bits per heavy atom. The van der Waals surface area contributed by atoms with Crippen LogP contribution in [-0.4, -0.2) is 35.9 Å². The summed E-state index contributed by atoms with van der Waals surface area (Å²) in [5, 5.41) is 3.10. The Balaban J connectivity index is 2.14. The second kappa shape index (κ2) is 9.92. The first-order valence-corrected chi connectivity index (χ1v) is 8.99. The van der Waals surface area contributed by atoms with Crippen LogP contribution in [-0.2, 0) is 16.1 Å². The summed E-state index contributed by atoms with van der Waals surface area (Å²) < 4.78 is 18.7. The summed E-state index contributed by atoms with van der Waals surface area (Å²) in [5.74, 6) is -0.626. The normalized spacial score (nSPS) is 11.6. The predicted molar refractivity (Wildman–Crippen MR) is 102 cm³/mol. The van der Waals surface area contributed by atoms with E-state index in [-0.39, 0.29) is 30.8 Å². The quantitative estimate of drug-likeness (QED) is 0.749. The van der Waals surface area contributed by atoms with Gasteiger partial charge in [-0.2, -0.15) is 0 Å². The van der Waals surface area contributed by atoms with E-state index in [2.05, 4.69) is 5.32 Å². The third kappa shape index (κ3) is 5.96. The lowest BCUT2D eigenvalue weighted by Gasteiger charge is -2.28. The molecule has 0 heterocycles. The Hall–Kier alpha value is -2.60. The molecule has 2 rings (SSSR count). The van der Waals surface area contributed by atoms with Gasteiger partial charge in [0, 0.05) is 13.1 Å². The van der Waals surface area contributed by atoms with Gasteiger partial charge in [0.1, 0.15) is 17.6 Å². The van der Waals surface area contributed by atoms with Crippen LogP contribution in [0.2, 0.25) is 5.02 Å². The fourth-order valence-electron chi connectivity index (χ4n) is 2.48. The number of nitrogens with one attached hydrogen (secondary N) is 1. The van der Waals surface area contributed by atoms with Gasteiger partial charge in [-0.3, -0.25) is 9.59 Å². The van der Waals surface area contributed by atoms with Gasteiger partial charge in [-0.05, 0) is 43.7 Å². The molecule has 0 aliphatic carbocycles. The molecule has 0 radical (unpaired) electrons. The van der Waals surface area contributed by atoms with Gasteiger partial charge in [0.05, 0.1) is 5.02 Å². The number of hydrogen-bond acceptors (Lipinski definition) is 3. The standard InChI is InChI=1S/C20H22ClFN2O3/c1-3-23-20(26)14(2)24(12-15-8-10-16(22)11-9-15)19(25)13-27-18-7-5-4-6-17(18)21/h4-11,14H,3,12-13H2,1-2H3,(H,23,26)/t14-/m0/s1. The molecule has 144 valence electrons. The van der Waals surface area contributed by atoms with E-state index >= 15 is 0 Å². The van der Waals surface area contributed by atoms with Gasteiger partial charge in [0.25, 0.3) is 5.91 Å². The Morgan fingerprint density at radius 2 is 1.85 bits per heavy atom. The molecule has 0 saturated carbocycles. The Kier molecular flexibility index (Phi) is 7.61. The molecule has 2 aromatic carbocycles. The summed E-state index contributed by atoms with van der Waals surface area (Å²) in [7, 11) is 0. The summed E-state index contributed by atoms with van der Waals surface area (Å²) in [6, 6.07) is 11.9. The molecule has 2 aromatic rings. The van der Waals surface area contributed by atoms with Crippen molar-refractivity contribution < 1.29 is 18.7 Å². The number of para-hydroxylation sites is 1. The fourth-order valence-corrected chi connectivity index (χ4v) is 2.67. The zero-order valence-electron chi connectivity index (χ0n) is 15.2. The van der Waals surface area contributed by atoms with E-state index in [9.17, 15) is 14.0 Å². The van der Waals surface area contributed by atoms with Crippen molar-refractivity contribution in [1.82, 2.24) is 10.2 Å². The average Bonchev–Trinajstić information content (AvgIpc) is 2.66. The van der Waals surface area contributed by atoms with Crippen molar-refractivity contribution in [1.29, 1.82) is 0 Å². The highest BCUT2D eigenvalue weighted by Gasteiger charge is 2.26. The van der Waals surface area contributed by atoms with E-state index in [4.69, 9.17) is 16.3 Å². The number of nitrogens with zero attached hydrogens (tertiary/aromatic N) is 1. The topological polar surface area (TPSA) is 58.6 Å². The van der Waals surface area contributed by atoms with Crippen LogP contribution in [0.3, 0.4) is 0 Å². The lowest BCUT2D eigenvalue weighted by molar-refractivity contribution is -0.142.